The van der Waals surface area contributed by atoms with Gasteiger partial charge in [-0.2, -0.15) is 5.10 Å². The van der Waals surface area contributed by atoms with Crippen LogP contribution in [0.25, 0.3) is 0 Å². The molecule has 28 heavy (non-hydrogen) atoms. The molecule has 9 heteroatoms. The molecule has 0 radical (unpaired) electrons. The van der Waals surface area contributed by atoms with E-state index in [1.54, 1.807) is 36.4 Å². The van der Waals surface area contributed by atoms with Crippen LogP contribution in [0.15, 0.2) is 58.7 Å². The summed E-state index contributed by atoms with van der Waals surface area (Å²) >= 11 is 0.988. The molecule has 0 aromatic heterocycles. The molecule has 2 aromatic rings. The van der Waals surface area contributed by atoms with Crippen LogP contribution >= 0.6 is 11.8 Å². The van der Waals surface area contributed by atoms with Gasteiger partial charge in [0.2, 0.25) is 5.91 Å². The zero-order chi connectivity index (χ0) is 19.9. The average molecular weight is 400 g/mol. The van der Waals surface area contributed by atoms with E-state index < -0.39 is 17.1 Å². The number of halogens is 1. The van der Waals surface area contributed by atoms with Crippen LogP contribution in [0.2, 0.25) is 0 Å². The molecule has 1 aliphatic heterocycles. The number of nitrogens with one attached hydrogen (secondary N) is 1. The van der Waals surface area contributed by atoms with Crippen LogP contribution in [0.3, 0.4) is 0 Å². The van der Waals surface area contributed by atoms with Crippen molar-refractivity contribution in [1.29, 1.82) is 0 Å². The van der Waals surface area contributed by atoms with Crippen molar-refractivity contribution in [2.75, 3.05) is 0 Å². The van der Waals surface area contributed by atoms with Gasteiger partial charge < -0.3 is 20.0 Å². The first-order chi connectivity index (χ1) is 13.5. The zero-order valence-corrected chi connectivity index (χ0v) is 15.3. The number of carboxylic acids is 1. The Morgan fingerprint density at radius 3 is 2.75 bits per heavy atom. The highest BCUT2D eigenvalue weighted by Crippen LogP contribution is 2.22. The van der Waals surface area contributed by atoms with Crippen LogP contribution in [0.5, 0.6) is 5.75 Å². The van der Waals surface area contributed by atoms with E-state index in [1.165, 1.54) is 18.3 Å². The molecule has 0 bridgehead atoms. The molecule has 1 heterocycles. The molecule has 0 aliphatic carbocycles. The Bertz CT molecular complexity index is 931. The van der Waals surface area contributed by atoms with E-state index in [-0.39, 0.29) is 24.0 Å². The van der Waals surface area contributed by atoms with Gasteiger partial charge in [0.25, 0.3) is 0 Å². The van der Waals surface area contributed by atoms with E-state index in [0.717, 1.165) is 17.3 Å². The minimum absolute atomic E-state index is 0.220. The van der Waals surface area contributed by atoms with E-state index in [0.29, 0.717) is 11.3 Å². The Balaban J connectivity index is 1.63. The molecule has 1 saturated heterocycles. The largest absolute Gasteiger partial charge is 0.550 e. The molecule has 1 fully saturated rings. The third kappa shape index (κ3) is 5.40. The molecule has 1 amide bonds. The maximum Gasteiger partial charge on any atom is 0.239 e. The smallest absolute Gasteiger partial charge is 0.239 e. The fourth-order valence-corrected chi connectivity index (χ4v) is 3.25. The Morgan fingerprint density at radius 1 is 1.25 bits per heavy atom. The van der Waals surface area contributed by atoms with Gasteiger partial charge in [0.15, 0.2) is 5.17 Å². The van der Waals surface area contributed by atoms with E-state index >= 15 is 0 Å². The molecule has 3 rings (SSSR count). The van der Waals surface area contributed by atoms with Crippen LogP contribution in [-0.4, -0.2) is 28.5 Å². The Labute approximate surface area is 164 Å². The monoisotopic (exact) mass is 400 g/mol. The number of hydrogen-bond donors (Lipinski definition) is 1. The van der Waals surface area contributed by atoms with Gasteiger partial charge in [0.05, 0.1) is 11.5 Å². The number of carbonyl (C=O) groups excluding carboxylic acids is 2. The van der Waals surface area contributed by atoms with Crippen molar-refractivity contribution in [3.8, 4) is 5.75 Å². The van der Waals surface area contributed by atoms with Crippen molar-refractivity contribution in [3.63, 3.8) is 0 Å². The standard InChI is InChI=1S/C19H16FN3O4S/c20-14-7-5-12(6-8-14)11-27-15-4-2-1-3-13(15)10-21-23-19-22-18(26)16(28-19)9-17(24)25/h1-8,10,16H,9,11H2,(H,24,25)(H,22,23,26)/p-1/b21-10-/t16-/m1/s1. The van der Waals surface area contributed by atoms with Crippen LogP contribution in [0, 0.1) is 5.82 Å². The Kier molecular flexibility index (Phi) is 6.38. The molecule has 144 valence electrons. The van der Waals surface area contributed by atoms with Crippen molar-refractivity contribution in [3.05, 3.63) is 65.5 Å². The van der Waals surface area contributed by atoms with Crippen LogP contribution in [-0.2, 0) is 16.2 Å². The normalized spacial score (nSPS) is 17.8. The summed E-state index contributed by atoms with van der Waals surface area (Å²) in [6.45, 7) is 0.260. The number of rotatable bonds is 7. The molecular weight excluding hydrogens is 385 g/mol. The van der Waals surface area contributed by atoms with Gasteiger partial charge in [-0.25, -0.2) is 4.39 Å². The van der Waals surface area contributed by atoms with Gasteiger partial charge in [-0.3, -0.25) is 4.79 Å². The van der Waals surface area contributed by atoms with Crippen LogP contribution in [0.1, 0.15) is 17.5 Å². The second-order valence-electron chi connectivity index (χ2n) is 5.77. The third-order valence-corrected chi connectivity index (χ3v) is 4.77. The predicted octanol–water partition coefficient (Wildman–Crippen LogP) is 1.47. The number of carboxylic acid groups (broad SMARTS) is 1. The van der Waals surface area contributed by atoms with Gasteiger partial charge in [0.1, 0.15) is 18.2 Å². The van der Waals surface area contributed by atoms with E-state index in [9.17, 15) is 19.1 Å². The molecule has 2 aromatic carbocycles. The van der Waals surface area contributed by atoms with E-state index in [4.69, 9.17) is 4.74 Å². The third-order valence-electron chi connectivity index (χ3n) is 3.70. The summed E-state index contributed by atoms with van der Waals surface area (Å²) in [6.07, 6.45) is 1.07. The first-order valence-corrected chi connectivity index (χ1v) is 9.14. The van der Waals surface area contributed by atoms with Gasteiger partial charge in [0, 0.05) is 18.0 Å². The molecule has 1 N–H and O–H groups in total. The van der Waals surface area contributed by atoms with Crippen molar-refractivity contribution >= 4 is 35.0 Å². The highest BCUT2D eigenvalue weighted by atomic mass is 32.2. The number of benzene rings is 2. The summed E-state index contributed by atoms with van der Waals surface area (Å²) in [7, 11) is 0. The van der Waals surface area contributed by atoms with Gasteiger partial charge in [-0.15, -0.1) is 5.10 Å². The van der Waals surface area contributed by atoms with Crippen molar-refractivity contribution in [2.45, 2.75) is 18.3 Å². The lowest BCUT2D eigenvalue weighted by atomic mass is 10.2. The maximum atomic E-state index is 13.0. The summed E-state index contributed by atoms with van der Waals surface area (Å²) in [4.78, 5) is 22.3. The number of nitrogens with zero attached hydrogens (tertiary/aromatic N) is 2. The Morgan fingerprint density at radius 2 is 2.00 bits per heavy atom. The highest BCUT2D eigenvalue weighted by Gasteiger charge is 2.30. The summed E-state index contributed by atoms with van der Waals surface area (Å²) in [5.41, 5.74) is 1.48. The fourth-order valence-electron chi connectivity index (χ4n) is 2.34. The first-order valence-electron chi connectivity index (χ1n) is 8.26. The average Bonchev–Trinajstić information content (AvgIpc) is 3.01. The number of amides is 1. The lowest BCUT2D eigenvalue weighted by Gasteiger charge is -2.08. The lowest BCUT2D eigenvalue weighted by Crippen LogP contribution is -2.31. The summed E-state index contributed by atoms with van der Waals surface area (Å²) < 4.78 is 18.7. The quantitative estimate of drug-likeness (QED) is 0.560. The molecule has 0 unspecified atom stereocenters. The Hall–Kier alpha value is -3.20. The number of ether oxygens (including phenoxy) is 1. The molecular formula is C19H15FN3O4S-. The topological polar surface area (TPSA) is 103 Å². The summed E-state index contributed by atoms with van der Waals surface area (Å²) in [6, 6.07) is 13.2. The van der Waals surface area contributed by atoms with Crippen molar-refractivity contribution in [1.82, 2.24) is 5.32 Å². The predicted molar refractivity (Wildman–Crippen MR) is 101 cm³/mol. The minimum Gasteiger partial charge on any atom is -0.550 e. The van der Waals surface area contributed by atoms with Crippen molar-refractivity contribution < 1.29 is 23.8 Å². The number of amidine groups is 1. The fraction of sp³-hybridized carbons (Fsp3) is 0.158. The van der Waals surface area contributed by atoms with Gasteiger partial charge in [-0.05, 0) is 29.8 Å². The summed E-state index contributed by atoms with van der Waals surface area (Å²) in [5, 5.41) is 20.4. The molecule has 1 aliphatic rings. The maximum absolute atomic E-state index is 13.0. The number of carbonyl (C=O) groups is 2. The van der Waals surface area contributed by atoms with Gasteiger partial charge >= 0.3 is 0 Å². The van der Waals surface area contributed by atoms with Crippen LogP contribution in [0.4, 0.5) is 4.39 Å². The highest BCUT2D eigenvalue weighted by molar-refractivity contribution is 8.15. The minimum atomic E-state index is -1.30. The number of aliphatic carboxylic acids is 1. The SMILES string of the molecule is O=C([O-])C[C@H]1S/C(=N\N=C/c2ccccc2OCc2ccc(F)cc2)NC1=O. The molecule has 0 spiro atoms. The second kappa shape index (κ2) is 9.14. The van der Waals surface area contributed by atoms with Gasteiger partial charge in [-0.1, -0.05) is 36.0 Å². The van der Waals surface area contributed by atoms with E-state index in [1.807, 2.05) is 0 Å². The molecule has 7 nitrogen and oxygen atoms in total. The number of para-hydroxylation sites is 1. The number of hydrogen-bond acceptors (Lipinski definition) is 7. The summed E-state index contributed by atoms with van der Waals surface area (Å²) in [5.74, 6) is -1.49. The second-order valence-corrected chi connectivity index (χ2v) is 6.97. The van der Waals surface area contributed by atoms with E-state index in [2.05, 4.69) is 15.5 Å². The van der Waals surface area contributed by atoms with Crippen molar-refractivity contribution in [2.24, 2.45) is 10.2 Å². The van der Waals surface area contributed by atoms with Crippen LogP contribution < -0.4 is 15.2 Å². The first kappa shape index (κ1) is 19.6. The lowest BCUT2D eigenvalue weighted by molar-refractivity contribution is -0.305. The molecule has 0 saturated carbocycles. The molecule has 1 atom stereocenters. The number of thioether (sulfide) groups is 1. The zero-order valence-electron chi connectivity index (χ0n) is 14.5.